The minimum Gasteiger partial charge on any atom is -0.323 e. The van der Waals surface area contributed by atoms with E-state index < -0.39 is 0 Å². The van der Waals surface area contributed by atoms with Gasteiger partial charge in [0.05, 0.1) is 0 Å². The minimum atomic E-state index is 0.157. The lowest BCUT2D eigenvalue weighted by Crippen LogP contribution is -2.30. The molecular weight excluding hydrogens is 206 g/mol. The summed E-state index contributed by atoms with van der Waals surface area (Å²) in [6.07, 6.45) is 5.19. The molecule has 2 N–H and O–H groups in total. The summed E-state index contributed by atoms with van der Waals surface area (Å²) in [5, 5.41) is 0. The monoisotopic (exact) mass is 231 g/mol. The van der Waals surface area contributed by atoms with Gasteiger partial charge in [0.15, 0.2) is 0 Å². The second kappa shape index (κ2) is 4.81. The highest BCUT2D eigenvalue weighted by molar-refractivity contribution is 5.35. The van der Waals surface area contributed by atoms with Gasteiger partial charge in [-0.15, -0.1) is 0 Å². The molecule has 1 aliphatic carbocycles. The van der Waals surface area contributed by atoms with Crippen LogP contribution in [0.5, 0.6) is 0 Å². The molecular formula is C16H25N. The van der Waals surface area contributed by atoms with Crippen molar-refractivity contribution in [2.75, 3.05) is 0 Å². The van der Waals surface area contributed by atoms with Crippen molar-refractivity contribution in [2.45, 2.75) is 58.4 Å². The first-order chi connectivity index (χ1) is 8.06. The van der Waals surface area contributed by atoms with Crippen molar-refractivity contribution >= 4 is 0 Å². The maximum absolute atomic E-state index is 6.50. The number of rotatable bonds is 4. The lowest BCUT2D eigenvalue weighted by Gasteiger charge is -2.35. The van der Waals surface area contributed by atoms with Crippen LogP contribution < -0.4 is 5.73 Å². The van der Waals surface area contributed by atoms with E-state index in [9.17, 15) is 0 Å². The molecule has 1 aliphatic rings. The summed E-state index contributed by atoms with van der Waals surface area (Å²) in [7, 11) is 0. The first-order valence-electron chi connectivity index (χ1n) is 6.90. The molecule has 0 amide bonds. The predicted molar refractivity (Wildman–Crippen MR) is 74.0 cm³/mol. The van der Waals surface area contributed by atoms with E-state index in [4.69, 9.17) is 5.73 Å². The van der Waals surface area contributed by atoms with E-state index in [1.807, 2.05) is 0 Å². The van der Waals surface area contributed by atoms with Gasteiger partial charge in [-0.25, -0.2) is 0 Å². The Balaban J connectivity index is 2.31. The topological polar surface area (TPSA) is 26.0 Å². The van der Waals surface area contributed by atoms with Gasteiger partial charge in [0.2, 0.25) is 0 Å². The molecule has 94 valence electrons. The number of benzene rings is 1. The van der Waals surface area contributed by atoms with Gasteiger partial charge in [0.25, 0.3) is 0 Å². The molecule has 1 aromatic rings. The van der Waals surface area contributed by atoms with E-state index in [2.05, 4.69) is 45.0 Å². The van der Waals surface area contributed by atoms with Crippen LogP contribution in [0.15, 0.2) is 24.3 Å². The molecule has 1 fully saturated rings. The molecule has 0 bridgehead atoms. The molecule has 0 saturated heterocycles. The van der Waals surface area contributed by atoms with Gasteiger partial charge >= 0.3 is 0 Å². The zero-order valence-corrected chi connectivity index (χ0v) is 11.4. The Morgan fingerprint density at radius 2 is 1.94 bits per heavy atom. The van der Waals surface area contributed by atoms with Crippen LogP contribution in [0.2, 0.25) is 0 Å². The third-order valence-corrected chi connectivity index (χ3v) is 4.63. The van der Waals surface area contributed by atoms with E-state index in [1.165, 1.54) is 30.4 Å². The quantitative estimate of drug-likeness (QED) is 0.817. The number of nitrogens with two attached hydrogens (primary N) is 1. The average Bonchev–Trinajstić information content (AvgIpc) is 2.26. The Morgan fingerprint density at radius 3 is 2.47 bits per heavy atom. The highest BCUT2D eigenvalue weighted by atomic mass is 14.7. The Labute approximate surface area is 105 Å². The maximum atomic E-state index is 6.50. The summed E-state index contributed by atoms with van der Waals surface area (Å²) in [5.41, 5.74) is 9.57. The van der Waals surface area contributed by atoms with Crippen LogP contribution >= 0.6 is 0 Å². The van der Waals surface area contributed by atoms with Gasteiger partial charge < -0.3 is 5.73 Å². The molecule has 0 heterocycles. The molecule has 0 spiro atoms. The number of hydrogen-bond acceptors (Lipinski definition) is 1. The molecule has 1 unspecified atom stereocenters. The number of hydrogen-bond donors (Lipinski definition) is 1. The van der Waals surface area contributed by atoms with Gasteiger partial charge in [0, 0.05) is 6.04 Å². The fourth-order valence-electron chi connectivity index (χ4n) is 2.53. The van der Waals surface area contributed by atoms with Crippen molar-refractivity contribution in [3.63, 3.8) is 0 Å². The zero-order chi connectivity index (χ0) is 12.5. The van der Waals surface area contributed by atoms with Crippen molar-refractivity contribution in [3.8, 4) is 0 Å². The molecule has 1 saturated carbocycles. The Morgan fingerprint density at radius 1 is 1.29 bits per heavy atom. The van der Waals surface area contributed by atoms with Gasteiger partial charge in [-0.1, -0.05) is 51.5 Å². The summed E-state index contributed by atoms with van der Waals surface area (Å²) in [6.45, 7) is 6.77. The lowest BCUT2D eigenvalue weighted by atomic mass is 9.72. The van der Waals surface area contributed by atoms with Crippen molar-refractivity contribution < 1.29 is 0 Å². The van der Waals surface area contributed by atoms with E-state index in [0.29, 0.717) is 0 Å². The molecule has 1 aromatic carbocycles. The Bertz CT molecular complexity index is 377. The standard InChI is InChI=1S/C16H25N/c1-4-16(2,3)15(17)14-11-6-5-10-13(14)12-8-7-9-12/h5-6,10-12,15H,4,7-9,17H2,1-3H3. The molecule has 17 heavy (non-hydrogen) atoms. The van der Waals surface area contributed by atoms with Crippen LogP contribution in [-0.2, 0) is 0 Å². The SMILES string of the molecule is CCC(C)(C)C(N)c1ccccc1C1CCC1. The van der Waals surface area contributed by atoms with E-state index in [1.54, 1.807) is 0 Å². The summed E-state index contributed by atoms with van der Waals surface area (Å²) >= 11 is 0. The largest absolute Gasteiger partial charge is 0.323 e. The summed E-state index contributed by atoms with van der Waals surface area (Å²) in [4.78, 5) is 0. The van der Waals surface area contributed by atoms with Crippen molar-refractivity contribution in [1.82, 2.24) is 0 Å². The molecule has 1 heteroatoms. The first-order valence-corrected chi connectivity index (χ1v) is 6.90. The maximum Gasteiger partial charge on any atom is 0.0349 e. The van der Waals surface area contributed by atoms with Gasteiger partial charge in [0.1, 0.15) is 0 Å². The van der Waals surface area contributed by atoms with Crippen LogP contribution in [-0.4, -0.2) is 0 Å². The van der Waals surface area contributed by atoms with Crippen LogP contribution in [0.1, 0.15) is 69.5 Å². The van der Waals surface area contributed by atoms with Gasteiger partial charge in [-0.2, -0.15) is 0 Å². The van der Waals surface area contributed by atoms with Crippen LogP contribution in [0.3, 0.4) is 0 Å². The molecule has 1 atom stereocenters. The molecule has 0 radical (unpaired) electrons. The smallest absolute Gasteiger partial charge is 0.0349 e. The summed E-state index contributed by atoms with van der Waals surface area (Å²) < 4.78 is 0. The second-order valence-electron chi connectivity index (χ2n) is 6.08. The average molecular weight is 231 g/mol. The van der Waals surface area contributed by atoms with Crippen LogP contribution in [0.4, 0.5) is 0 Å². The molecule has 0 aromatic heterocycles. The highest BCUT2D eigenvalue weighted by Gasteiger charge is 2.30. The normalized spacial score (nSPS) is 18.8. The van der Waals surface area contributed by atoms with E-state index in [-0.39, 0.29) is 11.5 Å². The van der Waals surface area contributed by atoms with E-state index >= 15 is 0 Å². The molecule has 0 aliphatic heterocycles. The highest BCUT2D eigenvalue weighted by Crippen LogP contribution is 2.43. The Kier molecular flexibility index (Phi) is 3.58. The molecule has 1 nitrogen and oxygen atoms in total. The minimum absolute atomic E-state index is 0.157. The fourth-order valence-corrected chi connectivity index (χ4v) is 2.53. The Hall–Kier alpha value is -0.820. The van der Waals surface area contributed by atoms with Crippen molar-refractivity contribution in [2.24, 2.45) is 11.1 Å². The first kappa shape index (κ1) is 12.6. The van der Waals surface area contributed by atoms with Crippen molar-refractivity contribution in [1.29, 1.82) is 0 Å². The van der Waals surface area contributed by atoms with Crippen LogP contribution in [0, 0.1) is 5.41 Å². The van der Waals surface area contributed by atoms with Crippen LogP contribution in [0.25, 0.3) is 0 Å². The predicted octanol–water partition coefficient (Wildman–Crippen LogP) is 4.39. The zero-order valence-electron chi connectivity index (χ0n) is 11.4. The summed E-state index contributed by atoms with van der Waals surface area (Å²) in [6, 6.07) is 8.95. The third-order valence-electron chi connectivity index (χ3n) is 4.63. The summed E-state index contributed by atoms with van der Waals surface area (Å²) in [5.74, 6) is 0.768. The fraction of sp³-hybridized carbons (Fsp3) is 0.625. The van der Waals surface area contributed by atoms with Crippen molar-refractivity contribution in [3.05, 3.63) is 35.4 Å². The van der Waals surface area contributed by atoms with Gasteiger partial charge in [-0.05, 0) is 41.7 Å². The lowest BCUT2D eigenvalue weighted by molar-refractivity contribution is 0.274. The second-order valence-corrected chi connectivity index (χ2v) is 6.08. The van der Waals surface area contributed by atoms with E-state index in [0.717, 1.165) is 12.3 Å². The molecule has 2 rings (SSSR count). The van der Waals surface area contributed by atoms with Gasteiger partial charge in [-0.3, -0.25) is 0 Å². The third kappa shape index (κ3) is 2.40.